The lowest BCUT2D eigenvalue weighted by atomic mass is 10.4. The van der Waals surface area contributed by atoms with Crippen LogP contribution in [0, 0.1) is 0 Å². The molecule has 0 saturated carbocycles. The van der Waals surface area contributed by atoms with Crippen LogP contribution in [-0.2, 0) is 9.47 Å². The molecule has 0 spiro atoms. The van der Waals surface area contributed by atoms with E-state index in [4.69, 9.17) is 9.47 Å². The van der Waals surface area contributed by atoms with Crippen LogP contribution in [0.15, 0.2) is 6.20 Å². The third-order valence-corrected chi connectivity index (χ3v) is 3.59. The van der Waals surface area contributed by atoms with Crippen molar-refractivity contribution in [2.24, 2.45) is 0 Å². The van der Waals surface area contributed by atoms with Crippen LogP contribution in [0.2, 0.25) is 0 Å². The van der Waals surface area contributed by atoms with Crippen molar-refractivity contribution in [1.82, 2.24) is 4.98 Å². The summed E-state index contributed by atoms with van der Waals surface area (Å²) in [6.45, 7) is 4.41. The van der Waals surface area contributed by atoms with Gasteiger partial charge in [0, 0.05) is 19.3 Å². The Kier molecular flexibility index (Phi) is 2.15. The maximum atomic E-state index is 5.30. The van der Waals surface area contributed by atoms with Crippen molar-refractivity contribution in [3.8, 4) is 0 Å². The zero-order valence-corrected chi connectivity index (χ0v) is 8.63. The van der Waals surface area contributed by atoms with Gasteiger partial charge in [-0.2, -0.15) is 0 Å². The van der Waals surface area contributed by atoms with Crippen LogP contribution in [0.1, 0.15) is 11.0 Å². The van der Waals surface area contributed by atoms with E-state index in [1.165, 1.54) is 4.88 Å². The number of thiazole rings is 1. The summed E-state index contributed by atoms with van der Waals surface area (Å²) < 4.78 is 10.5. The highest BCUT2D eigenvalue weighted by molar-refractivity contribution is 7.15. The minimum Gasteiger partial charge on any atom is -0.378 e. The normalized spacial score (nSPS) is 26.6. The molecule has 3 rings (SSSR count). The summed E-state index contributed by atoms with van der Waals surface area (Å²) in [5.74, 6) is 0. The highest BCUT2D eigenvalue weighted by Crippen LogP contribution is 2.36. The molecule has 1 aromatic rings. The number of rotatable bonds is 2. The number of aromatic nitrogens is 1. The Bertz CT molecular complexity index is 318. The van der Waals surface area contributed by atoms with Crippen LogP contribution < -0.4 is 4.90 Å². The van der Waals surface area contributed by atoms with Gasteiger partial charge in [-0.15, -0.1) is 0 Å². The number of ether oxygens (including phenoxy) is 2. The van der Waals surface area contributed by atoms with Crippen molar-refractivity contribution >= 4 is 16.5 Å². The quantitative estimate of drug-likeness (QED) is 0.687. The smallest absolute Gasteiger partial charge is 0.185 e. The van der Waals surface area contributed by atoms with E-state index < -0.39 is 0 Å². The number of epoxide rings is 1. The van der Waals surface area contributed by atoms with Crippen LogP contribution in [0.5, 0.6) is 0 Å². The topological polar surface area (TPSA) is 37.9 Å². The summed E-state index contributed by atoms with van der Waals surface area (Å²) in [5, 5.41) is 1.11. The fourth-order valence-electron chi connectivity index (χ4n) is 1.54. The van der Waals surface area contributed by atoms with Gasteiger partial charge < -0.3 is 14.4 Å². The molecule has 2 aliphatic heterocycles. The summed E-state index contributed by atoms with van der Waals surface area (Å²) in [6.07, 6.45) is 2.27. The molecule has 1 aromatic heterocycles. The van der Waals surface area contributed by atoms with Gasteiger partial charge in [0.15, 0.2) is 5.13 Å². The zero-order chi connectivity index (χ0) is 9.38. The molecule has 3 heterocycles. The van der Waals surface area contributed by atoms with Gasteiger partial charge in [0.2, 0.25) is 0 Å². The van der Waals surface area contributed by atoms with Gasteiger partial charge in [-0.05, 0) is 0 Å². The second kappa shape index (κ2) is 3.49. The van der Waals surface area contributed by atoms with E-state index in [1.807, 2.05) is 6.20 Å². The van der Waals surface area contributed by atoms with Gasteiger partial charge in [0.25, 0.3) is 0 Å². The third-order valence-electron chi connectivity index (χ3n) is 2.44. The molecule has 1 atom stereocenters. The Hall–Kier alpha value is -0.650. The molecule has 0 aromatic carbocycles. The lowest BCUT2D eigenvalue weighted by Gasteiger charge is -2.25. The highest BCUT2D eigenvalue weighted by atomic mass is 32.1. The first-order valence-corrected chi connectivity index (χ1v) is 5.65. The summed E-state index contributed by atoms with van der Waals surface area (Å²) in [5.41, 5.74) is 0. The second-order valence-corrected chi connectivity index (χ2v) is 4.51. The summed E-state index contributed by atoms with van der Waals surface area (Å²) in [7, 11) is 0. The van der Waals surface area contributed by atoms with Crippen LogP contribution in [0.3, 0.4) is 0 Å². The molecule has 2 aliphatic rings. The van der Waals surface area contributed by atoms with Crippen LogP contribution in [-0.4, -0.2) is 37.9 Å². The summed E-state index contributed by atoms with van der Waals surface area (Å²) in [6, 6.07) is 0. The van der Waals surface area contributed by atoms with Crippen LogP contribution in [0.4, 0.5) is 5.13 Å². The van der Waals surface area contributed by atoms with Gasteiger partial charge in [-0.3, -0.25) is 0 Å². The Morgan fingerprint density at radius 3 is 2.93 bits per heavy atom. The predicted molar refractivity (Wildman–Crippen MR) is 53.8 cm³/mol. The maximum Gasteiger partial charge on any atom is 0.185 e. The van der Waals surface area contributed by atoms with Crippen molar-refractivity contribution in [2.75, 3.05) is 37.8 Å². The Labute approximate surface area is 86.5 Å². The molecule has 2 fully saturated rings. The average molecular weight is 212 g/mol. The van der Waals surface area contributed by atoms with Crippen molar-refractivity contribution in [2.45, 2.75) is 6.10 Å². The lowest BCUT2D eigenvalue weighted by molar-refractivity contribution is 0.122. The lowest BCUT2D eigenvalue weighted by Crippen LogP contribution is -2.36. The number of anilines is 1. The standard InChI is InChI=1S/C9H12N2O2S/c1-3-12-4-2-11(1)9-10-5-8(14-9)7-6-13-7/h5,7H,1-4,6H2. The summed E-state index contributed by atoms with van der Waals surface area (Å²) in [4.78, 5) is 7.94. The van der Waals surface area contributed by atoms with Gasteiger partial charge in [0.1, 0.15) is 6.10 Å². The Morgan fingerprint density at radius 1 is 1.43 bits per heavy atom. The number of morpholine rings is 1. The summed E-state index contributed by atoms with van der Waals surface area (Å²) >= 11 is 1.74. The first-order valence-electron chi connectivity index (χ1n) is 4.83. The molecule has 1 unspecified atom stereocenters. The number of nitrogens with zero attached hydrogens (tertiary/aromatic N) is 2. The first-order chi connectivity index (χ1) is 6.93. The fraction of sp³-hybridized carbons (Fsp3) is 0.667. The minimum atomic E-state index is 0.335. The fourth-order valence-corrected chi connectivity index (χ4v) is 2.54. The zero-order valence-electron chi connectivity index (χ0n) is 7.81. The van der Waals surface area contributed by atoms with Crippen molar-refractivity contribution in [3.63, 3.8) is 0 Å². The molecule has 0 aliphatic carbocycles. The molecule has 0 radical (unpaired) electrons. The minimum absolute atomic E-state index is 0.335. The largest absolute Gasteiger partial charge is 0.378 e. The average Bonchev–Trinajstić information content (AvgIpc) is 2.98. The molecule has 14 heavy (non-hydrogen) atoms. The molecule has 0 bridgehead atoms. The molecule has 0 amide bonds. The molecule has 4 nitrogen and oxygen atoms in total. The van der Waals surface area contributed by atoms with E-state index in [0.717, 1.165) is 38.0 Å². The SMILES string of the molecule is c1nc(N2CCOCC2)sc1C1CO1. The maximum absolute atomic E-state index is 5.30. The van der Waals surface area contributed by atoms with Crippen LogP contribution >= 0.6 is 11.3 Å². The molecule has 76 valence electrons. The highest BCUT2D eigenvalue weighted by Gasteiger charge is 2.28. The molecule has 5 heteroatoms. The van der Waals surface area contributed by atoms with E-state index in [-0.39, 0.29) is 0 Å². The Balaban J connectivity index is 1.74. The number of hydrogen-bond acceptors (Lipinski definition) is 5. The van der Waals surface area contributed by atoms with E-state index >= 15 is 0 Å². The molecule has 0 N–H and O–H groups in total. The molecular weight excluding hydrogens is 200 g/mol. The van der Waals surface area contributed by atoms with Gasteiger partial charge in [0.05, 0.1) is 24.7 Å². The molecular formula is C9H12N2O2S. The number of hydrogen-bond donors (Lipinski definition) is 0. The predicted octanol–water partition coefficient (Wildman–Crippen LogP) is 1.05. The van der Waals surface area contributed by atoms with Crippen molar-refractivity contribution < 1.29 is 9.47 Å². The van der Waals surface area contributed by atoms with E-state index in [2.05, 4.69) is 9.88 Å². The van der Waals surface area contributed by atoms with Gasteiger partial charge in [-0.1, -0.05) is 11.3 Å². The second-order valence-electron chi connectivity index (χ2n) is 3.47. The van der Waals surface area contributed by atoms with Crippen LogP contribution in [0.25, 0.3) is 0 Å². The van der Waals surface area contributed by atoms with E-state index in [9.17, 15) is 0 Å². The molecule has 2 saturated heterocycles. The van der Waals surface area contributed by atoms with Crippen molar-refractivity contribution in [3.05, 3.63) is 11.1 Å². The van der Waals surface area contributed by atoms with E-state index in [1.54, 1.807) is 11.3 Å². The Morgan fingerprint density at radius 2 is 2.21 bits per heavy atom. The monoisotopic (exact) mass is 212 g/mol. The van der Waals surface area contributed by atoms with Gasteiger partial charge >= 0.3 is 0 Å². The van der Waals surface area contributed by atoms with Crippen molar-refractivity contribution in [1.29, 1.82) is 0 Å². The van der Waals surface area contributed by atoms with E-state index in [0.29, 0.717) is 6.10 Å². The van der Waals surface area contributed by atoms with Gasteiger partial charge in [-0.25, -0.2) is 4.98 Å². The third kappa shape index (κ3) is 1.63. The first kappa shape index (κ1) is 8.64.